The molecule has 0 heterocycles. The summed E-state index contributed by atoms with van der Waals surface area (Å²) in [6, 6.07) is 5.36. The first-order valence-corrected chi connectivity index (χ1v) is 4.60. The second kappa shape index (κ2) is 4.13. The van der Waals surface area contributed by atoms with Crippen LogP contribution < -0.4 is 4.90 Å². The van der Waals surface area contributed by atoms with Gasteiger partial charge in [-0.3, -0.25) is 0 Å². The fourth-order valence-electron chi connectivity index (χ4n) is 1.57. The highest BCUT2D eigenvalue weighted by Crippen LogP contribution is 2.22. The molecule has 1 rings (SSSR count). The molecule has 0 fully saturated rings. The van der Waals surface area contributed by atoms with Gasteiger partial charge in [0.2, 0.25) is 0 Å². The molecule has 0 aliphatic carbocycles. The zero-order valence-corrected chi connectivity index (χ0v) is 8.74. The largest absolute Gasteiger partial charge is 0.478 e. The topological polar surface area (TPSA) is 40.5 Å². The summed E-state index contributed by atoms with van der Waals surface area (Å²) in [5.41, 5.74) is 2.27. The number of hydrogen-bond acceptors (Lipinski definition) is 2. The molecule has 0 amide bonds. The van der Waals surface area contributed by atoms with E-state index in [1.165, 1.54) is 0 Å². The molecule has 3 nitrogen and oxygen atoms in total. The lowest BCUT2D eigenvalue weighted by molar-refractivity contribution is 0.0696. The second-order valence-corrected chi connectivity index (χ2v) is 3.36. The molecule has 3 heteroatoms. The van der Waals surface area contributed by atoms with E-state index in [9.17, 15) is 4.79 Å². The molecule has 0 bridgehead atoms. The third kappa shape index (κ3) is 1.87. The summed E-state index contributed by atoms with van der Waals surface area (Å²) in [7, 11) is 3.83. The quantitative estimate of drug-likeness (QED) is 0.798. The van der Waals surface area contributed by atoms with Crippen LogP contribution in [0.4, 0.5) is 5.69 Å². The van der Waals surface area contributed by atoms with Crippen LogP contribution in [0.1, 0.15) is 22.8 Å². The van der Waals surface area contributed by atoms with Crippen molar-refractivity contribution in [2.24, 2.45) is 0 Å². The predicted octanol–water partition coefficient (Wildman–Crippen LogP) is 2.01. The number of aromatic carboxylic acids is 1. The van der Waals surface area contributed by atoms with E-state index in [1.807, 2.05) is 32.0 Å². The molecule has 1 N–H and O–H groups in total. The highest BCUT2D eigenvalue weighted by atomic mass is 16.4. The average molecular weight is 193 g/mol. The van der Waals surface area contributed by atoms with Gasteiger partial charge in [-0.1, -0.05) is 13.0 Å². The van der Waals surface area contributed by atoms with Gasteiger partial charge in [0.05, 0.1) is 5.56 Å². The van der Waals surface area contributed by atoms with E-state index in [2.05, 4.69) is 0 Å². The van der Waals surface area contributed by atoms with Crippen molar-refractivity contribution >= 4 is 11.7 Å². The van der Waals surface area contributed by atoms with E-state index in [0.717, 1.165) is 17.7 Å². The summed E-state index contributed by atoms with van der Waals surface area (Å²) in [6.45, 7) is 1.97. The summed E-state index contributed by atoms with van der Waals surface area (Å²) >= 11 is 0. The lowest BCUT2D eigenvalue weighted by atomic mass is 10.0. The van der Waals surface area contributed by atoms with Crippen LogP contribution in [0.2, 0.25) is 0 Å². The molecular weight excluding hydrogens is 178 g/mol. The van der Waals surface area contributed by atoms with Crippen molar-refractivity contribution in [3.05, 3.63) is 29.3 Å². The van der Waals surface area contributed by atoms with Crippen LogP contribution in [0.3, 0.4) is 0 Å². The zero-order valence-electron chi connectivity index (χ0n) is 8.74. The van der Waals surface area contributed by atoms with Crippen LogP contribution in [0, 0.1) is 0 Å². The molecule has 0 spiro atoms. The average Bonchev–Trinajstić information content (AvgIpc) is 2.16. The van der Waals surface area contributed by atoms with Gasteiger partial charge in [0.25, 0.3) is 0 Å². The van der Waals surface area contributed by atoms with E-state index >= 15 is 0 Å². The van der Waals surface area contributed by atoms with Gasteiger partial charge in [0, 0.05) is 19.8 Å². The normalized spacial score (nSPS) is 9.93. The molecule has 0 unspecified atom stereocenters. The second-order valence-electron chi connectivity index (χ2n) is 3.36. The van der Waals surface area contributed by atoms with E-state index in [-0.39, 0.29) is 0 Å². The molecule has 1 aromatic carbocycles. The van der Waals surface area contributed by atoms with Gasteiger partial charge in [-0.05, 0) is 24.1 Å². The Morgan fingerprint density at radius 2 is 2.07 bits per heavy atom. The van der Waals surface area contributed by atoms with Crippen molar-refractivity contribution < 1.29 is 9.90 Å². The monoisotopic (exact) mass is 193 g/mol. The summed E-state index contributed by atoms with van der Waals surface area (Å²) in [5, 5.41) is 8.98. The smallest absolute Gasteiger partial charge is 0.336 e. The van der Waals surface area contributed by atoms with Gasteiger partial charge in [-0.15, -0.1) is 0 Å². The van der Waals surface area contributed by atoms with Crippen molar-refractivity contribution in [3.63, 3.8) is 0 Å². The summed E-state index contributed by atoms with van der Waals surface area (Å²) in [4.78, 5) is 12.9. The fourth-order valence-corrected chi connectivity index (χ4v) is 1.57. The third-order valence-corrected chi connectivity index (χ3v) is 2.22. The first-order valence-electron chi connectivity index (χ1n) is 4.60. The van der Waals surface area contributed by atoms with E-state index in [1.54, 1.807) is 12.1 Å². The SMILES string of the molecule is CCc1c(C(=O)O)cccc1N(C)C. The van der Waals surface area contributed by atoms with Crippen molar-refractivity contribution in [1.29, 1.82) is 0 Å². The molecule has 76 valence electrons. The Bertz CT molecular complexity index is 345. The third-order valence-electron chi connectivity index (χ3n) is 2.22. The summed E-state index contributed by atoms with van der Waals surface area (Å²) in [6.07, 6.45) is 0.732. The molecule has 0 atom stereocenters. The Hall–Kier alpha value is -1.51. The van der Waals surface area contributed by atoms with Crippen molar-refractivity contribution in [2.45, 2.75) is 13.3 Å². The van der Waals surface area contributed by atoms with Crippen LogP contribution in [0.5, 0.6) is 0 Å². The number of benzene rings is 1. The molecule has 0 saturated carbocycles. The Balaban J connectivity index is 3.32. The van der Waals surface area contributed by atoms with Gasteiger partial charge >= 0.3 is 5.97 Å². The number of carboxylic acid groups (broad SMARTS) is 1. The minimum Gasteiger partial charge on any atom is -0.478 e. The lowest BCUT2D eigenvalue weighted by Gasteiger charge is -2.18. The number of nitrogens with zero attached hydrogens (tertiary/aromatic N) is 1. The van der Waals surface area contributed by atoms with Crippen LogP contribution >= 0.6 is 0 Å². The van der Waals surface area contributed by atoms with Crippen LogP contribution in [0.25, 0.3) is 0 Å². The number of rotatable bonds is 3. The van der Waals surface area contributed by atoms with Gasteiger partial charge in [0.15, 0.2) is 0 Å². The minimum absolute atomic E-state index is 0.402. The van der Waals surface area contributed by atoms with E-state index in [4.69, 9.17) is 5.11 Å². The van der Waals surface area contributed by atoms with Gasteiger partial charge in [-0.25, -0.2) is 4.79 Å². The Kier molecular flexibility index (Phi) is 3.12. The molecule has 0 saturated heterocycles. The van der Waals surface area contributed by atoms with E-state index in [0.29, 0.717) is 5.56 Å². The maximum atomic E-state index is 10.9. The number of carbonyl (C=O) groups is 1. The molecule has 1 aromatic rings. The molecule has 0 aliphatic heterocycles. The van der Waals surface area contributed by atoms with Gasteiger partial charge in [-0.2, -0.15) is 0 Å². The zero-order chi connectivity index (χ0) is 10.7. The summed E-state index contributed by atoms with van der Waals surface area (Å²) < 4.78 is 0. The van der Waals surface area contributed by atoms with Crippen LogP contribution in [0.15, 0.2) is 18.2 Å². The van der Waals surface area contributed by atoms with Crippen molar-refractivity contribution in [1.82, 2.24) is 0 Å². The molecule has 0 aromatic heterocycles. The first-order chi connectivity index (χ1) is 6.57. The van der Waals surface area contributed by atoms with Crippen LogP contribution in [-0.4, -0.2) is 25.2 Å². The standard InChI is InChI=1S/C11H15NO2/c1-4-8-9(11(13)14)6-5-7-10(8)12(2)3/h5-7H,4H2,1-3H3,(H,13,14). The maximum absolute atomic E-state index is 10.9. The number of hydrogen-bond donors (Lipinski definition) is 1. The number of carboxylic acids is 1. The summed E-state index contributed by atoms with van der Waals surface area (Å²) in [5.74, 6) is -0.856. The Morgan fingerprint density at radius 1 is 1.43 bits per heavy atom. The molecular formula is C11H15NO2. The first kappa shape index (κ1) is 10.6. The minimum atomic E-state index is -0.856. The Morgan fingerprint density at radius 3 is 2.50 bits per heavy atom. The molecule has 14 heavy (non-hydrogen) atoms. The fraction of sp³-hybridized carbons (Fsp3) is 0.364. The Labute approximate surface area is 84.0 Å². The highest BCUT2D eigenvalue weighted by Gasteiger charge is 2.12. The highest BCUT2D eigenvalue weighted by molar-refractivity contribution is 5.91. The predicted molar refractivity (Wildman–Crippen MR) is 57.1 cm³/mol. The van der Waals surface area contributed by atoms with Crippen molar-refractivity contribution in [3.8, 4) is 0 Å². The van der Waals surface area contributed by atoms with Gasteiger partial charge in [0.1, 0.15) is 0 Å². The maximum Gasteiger partial charge on any atom is 0.336 e. The van der Waals surface area contributed by atoms with Crippen molar-refractivity contribution in [2.75, 3.05) is 19.0 Å². The lowest BCUT2D eigenvalue weighted by Crippen LogP contribution is -2.13. The molecule has 0 radical (unpaired) electrons. The van der Waals surface area contributed by atoms with Gasteiger partial charge < -0.3 is 10.0 Å². The van der Waals surface area contributed by atoms with E-state index < -0.39 is 5.97 Å². The number of anilines is 1. The molecule has 0 aliphatic rings. The van der Waals surface area contributed by atoms with Crippen LogP contribution in [-0.2, 0) is 6.42 Å².